The zero-order valence-electron chi connectivity index (χ0n) is 11.3. The maximum atomic E-state index is 11.5. The number of hydrogen-bond donors (Lipinski definition) is 2. The van der Waals surface area contributed by atoms with Gasteiger partial charge in [0.15, 0.2) is 0 Å². The van der Waals surface area contributed by atoms with Gasteiger partial charge in [-0.2, -0.15) is 0 Å². The lowest BCUT2D eigenvalue weighted by atomic mass is 9.79. The molecule has 6 heteroatoms. The van der Waals surface area contributed by atoms with Crippen molar-refractivity contribution < 1.29 is 9.90 Å². The molecule has 0 spiro atoms. The Bertz CT molecular complexity index is 609. The number of fused-ring (bicyclic) bond motifs is 1. The summed E-state index contributed by atoms with van der Waals surface area (Å²) >= 11 is 11.9. The summed E-state index contributed by atoms with van der Waals surface area (Å²) < 4.78 is 0. The van der Waals surface area contributed by atoms with Crippen molar-refractivity contribution in [1.29, 1.82) is 0 Å². The lowest BCUT2D eigenvalue weighted by molar-refractivity contribution is -0.149. The predicted molar refractivity (Wildman–Crippen MR) is 80.5 cm³/mol. The standard InChI is InChI=1S/C14H16Cl2N2O2/c1-3-14(4-2,13(19)20)7-12-17-10-5-8(15)9(16)6-11(10)18-12/h5-6H,3-4,7H2,1-2H3,(H,17,18)(H,19,20). The van der Waals surface area contributed by atoms with Gasteiger partial charge in [0, 0.05) is 6.42 Å². The SMILES string of the molecule is CCC(CC)(Cc1nc2cc(Cl)c(Cl)cc2[nH]1)C(=O)O. The van der Waals surface area contributed by atoms with Crippen LogP contribution in [0, 0.1) is 5.41 Å². The Morgan fingerprint density at radius 1 is 1.30 bits per heavy atom. The van der Waals surface area contributed by atoms with E-state index in [1.165, 1.54) is 0 Å². The van der Waals surface area contributed by atoms with E-state index >= 15 is 0 Å². The van der Waals surface area contributed by atoms with Crippen molar-refractivity contribution in [3.63, 3.8) is 0 Å². The highest BCUT2D eigenvalue weighted by molar-refractivity contribution is 6.42. The lowest BCUT2D eigenvalue weighted by Crippen LogP contribution is -2.32. The van der Waals surface area contributed by atoms with Crippen molar-refractivity contribution >= 4 is 40.2 Å². The van der Waals surface area contributed by atoms with Gasteiger partial charge in [-0.15, -0.1) is 0 Å². The van der Waals surface area contributed by atoms with Crippen molar-refractivity contribution in [2.45, 2.75) is 33.1 Å². The first-order valence-corrected chi connectivity index (χ1v) is 7.24. The molecule has 1 aromatic heterocycles. The van der Waals surface area contributed by atoms with Gasteiger partial charge in [0.1, 0.15) is 5.82 Å². The number of carbonyl (C=O) groups is 1. The number of aromatic nitrogens is 2. The number of nitrogens with zero attached hydrogens (tertiary/aromatic N) is 1. The third kappa shape index (κ3) is 2.63. The van der Waals surface area contributed by atoms with Gasteiger partial charge in [0.25, 0.3) is 0 Å². The van der Waals surface area contributed by atoms with Crippen LogP contribution in [0.25, 0.3) is 11.0 Å². The molecule has 2 aromatic rings. The van der Waals surface area contributed by atoms with Gasteiger partial charge in [0.05, 0.1) is 26.5 Å². The Hall–Kier alpha value is -1.26. The third-order valence-electron chi connectivity index (χ3n) is 3.89. The number of aromatic amines is 1. The van der Waals surface area contributed by atoms with Gasteiger partial charge < -0.3 is 10.1 Å². The maximum Gasteiger partial charge on any atom is 0.310 e. The van der Waals surface area contributed by atoms with Gasteiger partial charge in [0.2, 0.25) is 0 Å². The zero-order chi connectivity index (χ0) is 14.9. The number of benzene rings is 1. The van der Waals surface area contributed by atoms with Crippen molar-refractivity contribution in [2.24, 2.45) is 5.41 Å². The van der Waals surface area contributed by atoms with Crippen LogP contribution < -0.4 is 0 Å². The maximum absolute atomic E-state index is 11.5. The normalized spacial score (nSPS) is 12.0. The molecule has 108 valence electrons. The van der Waals surface area contributed by atoms with Crippen molar-refractivity contribution in [1.82, 2.24) is 9.97 Å². The highest BCUT2D eigenvalue weighted by Gasteiger charge is 2.36. The molecule has 1 aromatic carbocycles. The molecule has 0 unspecified atom stereocenters. The molecular weight excluding hydrogens is 299 g/mol. The lowest BCUT2D eigenvalue weighted by Gasteiger charge is -2.25. The van der Waals surface area contributed by atoms with E-state index in [-0.39, 0.29) is 0 Å². The van der Waals surface area contributed by atoms with E-state index in [0.29, 0.717) is 40.6 Å². The second kappa shape index (κ2) is 5.62. The molecule has 0 bridgehead atoms. The molecule has 2 N–H and O–H groups in total. The zero-order valence-corrected chi connectivity index (χ0v) is 12.8. The summed E-state index contributed by atoms with van der Waals surface area (Å²) in [6.45, 7) is 3.77. The predicted octanol–water partition coefficient (Wildman–Crippen LogP) is 4.30. The van der Waals surface area contributed by atoms with E-state index in [1.807, 2.05) is 13.8 Å². The van der Waals surface area contributed by atoms with E-state index in [2.05, 4.69) is 9.97 Å². The number of carboxylic acids is 1. The molecule has 0 fully saturated rings. The van der Waals surface area contributed by atoms with E-state index in [4.69, 9.17) is 23.2 Å². The molecule has 0 aliphatic heterocycles. The second-order valence-corrected chi connectivity index (χ2v) is 5.75. The molecule has 0 atom stereocenters. The minimum absolute atomic E-state index is 0.360. The molecule has 1 heterocycles. The Morgan fingerprint density at radius 2 is 1.90 bits per heavy atom. The quantitative estimate of drug-likeness (QED) is 0.864. The summed E-state index contributed by atoms with van der Waals surface area (Å²) in [5.41, 5.74) is 0.670. The Kier molecular flexibility index (Phi) is 4.25. The summed E-state index contributed by atoms with van der Waals surface area (Å²) in [5, 5.41) is 10.4. The van der Waals surface area contributed by atoms with Crippen LogP contribution in [0.2, 0.25) is 10.0 Å². The minimum atomic E-state index is -0.793. The molecule has 2 rings (SSSR count). The molecule has 20 heavy (non-hydrogen) atoms. The summed E-state index contributed by atoms with van der Waals surface area (Å²) in [7, 11) is 0. The van der Waals surface area contributed by atoms with Gasteiger partial charge >= 0.3 is 5.97 Å². The Morgan fingerprint density at radius 3 is 2.45 bits per heavy atom. The number of halogens is 2. The van der Waals surface area contributed by atoms with Crippen LogP contribution in [0.1, 0.15) is 32.5 Å². The van der Waals surface area contributed by atoms with Crippen molar-refractivity contribution in [3.05, 3.63) is 28.0 Å². The topological polar surface area (TPSA) is 66.0 Å². The molecule has 4 nitrogen and oxygen atoms in total. The van der Waals surface area contributed by atoms with Gasteiger partial charge in [-0.05, 0) is 25.0 Å². The van der Waals surface area contributed by atoms with Gasteiger partial charge in [-0.25, -0.2) is 4.98 Å². The average molecular weight is 315 g/mol. The number of aliphatic carboxylic acids is 1. The number of hydrogen-bond acceptors (Lipinski definition) is 2. The van der Waals surface area contributed by atoms with E-state index in [1.54, 1.807) is 12.1 Å². The third-order valence-corrected chi connectivity index (χ3v) is 4.61. The highest BCUT2D eigenvalue weighted by atomic mass is 35.5. The second-order valence-electron chi connectivity index (χ2n) is 4.94. The summed E-state index contributed by atoms with van der Waals surface area (Å²) in [6, 6.07) is 3.38. The van der Waals surface area contributed by atoms with Gasteiger partial charge in [-0.1, -0.05) is 37.0 Å². The van der Waals surface area contributed by atoms with Crippen LogP contribution in [0.4, 0.5) is 0 Å². The molecule has 0 aliphatic carbocycles. The van der Waals surface area contributed by atoms with Crippen LogP contribution in [-0.4, -0.2) is 21.0 Å². The largest absolute Gasteiger partial charge is 0.481 e. The van der Waals surface area contributed by atoms with E-state index < -0.39 is 11.4 Å². The number of H-pyrrole nitrogens is 1. The number of nitrogens with one attached hydrogen (secondary N) is 1. The summed E-state index contributed by atoms with van der Waals surface area (Å²) in [6.07, 6.45) is 1.47. The molecular formula is C14H16Cl2N2O2. The molecule has 0 saturated carbocycles. The van der Waals surface area contributed by atoms with Crippen LogP contribution in [0.15, 0.2) is 12.1 Å². The first-order chi connectivity index (χ1) is 9.41. The molecule has 0 amide bonds. The number of imidazole rings is 1. The number of carboxylic acid groups (broad SMARTS) is 1. The average Bonchev–Trinajstić information content (AvgIpc) is 2.77. The van der Waals surface area contributed by atoms with Crippen LogP contribution in [0.5, 0.6) is 0 Å². The highest BCUT2D eigenvalue weighted by Crippen LogP contribution is 2.32. The monoisotopic (exact) mass is 314 g/mol. The smallest absolute Gasteiger partial charge is 0.310 e. The van der Waals surface area contributed by atoms with Gasteiger partial charge in [-0.3, -0.25) is 4.79 Å². The fraction of sp³-hybridized carbons (Fsp3) is 0.429. The van der Waals surface area contributed by atoms with Crippen LogP contribution in [-0.2, 0) is 11.2 Å². The minimum Gasteiger partial charge on any atom is -0.481 e. The van der Waals surface area contributed by atoms with Crippen molar-refractivity contribution in [2.75, 3.05) is 0 Å². The Balaban J connectivity index is 2.41. The van der Waals surface area contributed by atoms with Crippen molar-refractivity contribution in [3.8, 4) is 0 Å². The Labute approximate surface area is 127 Å². The molecule has 0 aliphatic rings. The first kappa shape index (κ1) is 15.1. The molecule has 0 radical (unpaired) electrons. The van der Waals surface area contributed by atoms with Crippen LogP contribution in [0.3, 0.4) is 0 Å². The first-order valence-electron chi connectivity index (χ1n) is 6.49. The van der Waals surface area contributed by atoms with E-state index in [0.717, 1.165) is 5.52 Å². The fourth-order valence-corrected chi connectivity index (χ4v) is 2.66. The van der Waals surface area contributed by atoms with E-state index in [9.17, 15) is 9.90 Å². The number of rotatable bonds is 5. The summed E-state index contributed by atoms with van der Waals surface area (Å²) in [4.78, 5) is 19.1. The summed E-state index contributed by atoms with van der Waals surface area (Å²) in [5.74, 6) is -0.150. The molecule has 0 saturated heterocycles. The van der Waals surface area contributed by atoms with Crippen LogP contribution >= 0.6 is 23.2 Å². The fourth-order valence-electron chi connectivity index (χ4n) is 2.34.